The van der Waals surface area contributed by atoms with Crippen LogP contribution < -0.4 is 10.6 Å². The van der Waals surface area contributed by atoms with E-state index < -0.39 is 0 Å². The molecule has 0 aliphatic carbocycles. The zero-order chi connectivity index (χ0) is 14.0. The van der Waals surface area contributed by atoms with Crippen molar-refractivity contribution in [1.29, 1.82) is 0 Å². The van der Waals surface area contributed by atoms with Gasteiger partial charge < -0.3 is 15.4 Å². The first-order chi connectivity index (χ1) is 9.02. The largest absolute Gasteiger partial charge is 0.364 e. The lowest BCUT2D eigenvalue weighted by Crippen LogP contribution is -2.37. The van der Waals surface area contributed by atoms with Crippen molar-refractivity contribution in [2.45, 2.75) is 38.9 Å². The van der Waals surface area contributed by atoms with Crippen molar-refractivity contribution >= 4 is 11.6 Å². The van der Waals surface area contributed by atoms with E-state index in [4.69, 9.17) is 10.5 Å². The summed E-state index contributed by atoms with van der Waals surface area (Å²) in [6.45, 7) is 4.55. The molecule has 1 amide bonds. The topological polar surface area (TPSA) is 55.6 Å². The second-order valence-corrected chi connectivity index (χ2v) is 5.25. The Morgan fingerprint density at radius 1 is 1.42 bits per heavy atom. The lowest BCUT2D eigenvalue weighted by molar-refractivity contribution is -0.128. The Hall–Kier alpha value is -1.39. The first-order valence-electron chi connectivity index (χ1n) is 6.73. The highest BCUT2D eigenvalue weighted by molar-refractivity contribution is 5.96. The SMILES string of the molecule is Cc1ccc(N(C)C(=O)C2CCC(CN)O2)c(C)c1. The van der Waals surface area contributed by atoms with Crippen LogP contribution in [0.5, 0.6) is 0 Å². The Labute approximate surface area is 114 Å². The molecule has 2 rings (SSSR count). The molecule has 1 saturated heterocycles. The monoisotopic (exact) mass is 262 g/mol. The number of carbonyl (C=O) groups is 1. The molecule has 1 aromatic carbocycles. The lowest BCUT2D eigenvalue weighted by atomic mass is 10.1. The summed E-state index contributed by atoms with van der Waals surface area (Å²) >= 11 is 0. The third-order valence-corrected chi connectivity index (χ3v) is 3.69. The Kier molecular flexibility index (Phi) is 4.22. The zero-order valence-electron chi connectivity index (χ0n) is 11.8. The molecule has 1 fully saturated rings. The summed E-state index contributed by atoms with van der Waals surface area (Å²) in [7, 11) is 1.80. The van der Waals surface area contributed by atoms with Crippen LogP contribution in [0.4, 0.5) is 5.69 Å². The van der Waals surface area contributed by atoms with Crippen LogP contribution in [-0.2, 0) is 9.53 Å². The molecule has 4 heteroatoms. The molecule has 0 radical (unpaired) electrons. The summed E-state index contributed by atoms with van der Waals surface area (Å²) in [5.74, 6) is 0.0166. The van der Waals surface area contributed by atoms with Gasteiger partial charge in [0.15, 0.2) is 0 Å². The minimum Gasteiger partial charge on any atom is -0.364 e. The molecule has 0 aromatic heterocycles. The number of ether oxygens (including phenoxy) is 1. The summed E-state index contributed by atoms with van der Waals surface area (Å²) in [6.07, 6.45) is 1.31. The van der Waals surface area contributed by atoms with Crippen molar-refractivity contribution in [3.05, 3.63) is 29.3 Å². The van der Waals surface area contributed by atoms with E-state index in [-0.39, 0.29) is 18.1 Å². The van der Waals surface area contributed by atoms with Gasteiger partial charge in [0.25, 0.3) is 5.91 Å². The summed E-state index contributed by atoms with van der Waals surface area (Å²) in [5.41, 5.74) is 8.81. The summed E-state index contributed by atoms with van der Waals surface area (Å²) in [5, 5.41) is 0. The van der Waals surface area contributed by atoms with Gasteiger partial charge in [-0.1, -0.05) is 17.7 Å². The van der Waals surface area contributed by atoms with Crippen molar-refractivity contribution in [3.63, 3.8) is 0 Å². The zero-order valence-corrected chi connectivity index (χ0v) is 11.8. The van der Waals surface area contributed by atoms with Gasteiger partial charge in [0, 0.05) is 19.3 Å². The number of amides is 1. The third-order valence-electron chi connectivity index (χ3n) is 3.69. The van der Waals surface area contributed by atoms with E-state index in [0.717, 1.165) is 24.1 Å². The van der Waals surface area contributed by atoms with E-state index in [1.165, 1.54) is 5.56 Å². The maximum absolute atomic E-state index is 12.4. The normalized spacial score (nSPS) is 22.5. The molecule has 0 spiro atoms. The highest BCUT2D eigenvalue weighted by Gasteiger charge is 2.32. The highest BCUT2D eigenvalue weighted by Crippen LogP contribution is 2.25. The average Bonchev–Trinajstić information content (AvgIpc) is 2.86. The van der Waals surface area contributed by atoms with Gasteiger partial charge in [-0.2, -0.15) is 0 Å². The molecule has 104 valence electrons. The smallest absolute Gasteiger partial charge is 0.255 e. The Bertz CT molecular complexity index is 473. The molecule has 0 saturated carbocycles. The quantitative estimate of drug-likeness (QED) is 0.903. The number of benzene rings is 1. The van der Waals surface area contributed by atoms with Crippen molar-refractivity contribution in [2.75, 3.05) is 18.5 Å². The van der Waals surface area contributed by atoms with E-state index in [9.17, 15) is 4.79 Å². The summed E-state index contributed by atoms with van der Waals surface area (Å²) in [6, 6.07) is 6.08. The molecule has 2 unspecified atom stereocenters. The lowest BCUT2D eigenvalue weighted by Gasteiger charge is -2.23. The van der Waals surface area contributed by atoms with Gasteiger partial charge >= 0.3 is 0 Å². The van der Waals surface area contributed by atoms with Crippen LogP contribution >= 0.6 is 0 Å². The van der Waals surface area contributed by atoms with Gasteiger partial charge in [-0.15, -0.1) is 0 Å². The fourth-order valence-corrected chi connectivity index (χ4v) is 2.58. The highest BCUT2D eigenvalue weighted by atomic mass is 16.5. The van der Waals surface area contributed by atoms with E-state index in [0.29, 0.717) is 6.54 Å². The van der Waals surface area contributed by atoms with Crippen LogP contribution in [0, 0.1) is 13.8 Å². The number of anilines is 1. The number of hydrogen-bond acceptors (Lipinski definition) is 3. The standard InChI is InChI=1S/C15H22N2O2/c1-10-4-6-13(11(2)8-10)17(3)15(18)14-7-5-12(9-16)19-14/h4,6,8,12,14H,5,7,9,16H2,1-3H3. The van der Waals surface area contributed by atoms with Crippen molar-refractivity contribution in [1.82, 2.24) is 0 Å². The Morgan fingerprint density at radius 3 is 2.74 bits per heavy atom. The fraction of sp³-hybridized carbons (Fsp3) is 0.533. The summed E-state index contributed by atoms with van der Waals surface area (Å²) < 4.78 is 5.66. The molecule has 1 aliphatic heterocycles. The van der Waals surface area contributed by atoms with Gasteiger partial charge in [0.1, 0.15) is 6.10 Å². The van der Waals surface area contributed by atoms with Gasteiger partial charge in [0.05, 0.1) is 6.10 Å². The molecule has 1 heterocycles. The van der Waals surface area contributed by atoms with Crippen LogP contribution in [0.2, 0.25) is 0 Å². The van der Waals surface area contributed by atoms with Gasteiger partial charge in [-0.05, 0) is 38.3 Å². The fourth-order valence-electron chi connectivity index (χ4n) is 2.58. The number of likely N-dealkylation sites (N-methyl/N-ethyl adjacent to an activating group) is 1. The maximum Gasteiger partial charge on any atom is 0.255 e. The first-order valence-corrected chi connectivity index (χ1v) is 6.73. The van der Waals surface area contributed by atoms with E-state index in [2.05, 4.69) is 6.07 Å². The molecule has 19 heavy (non-hydrogen) atoms. The molecule has 2 N–H and O–H groups in total. The minimum atomic E-state index is -0.348. The van der Waals surface area contributed by atoms with Crippen LogP contribution in [-0.4, -0.2) is 31.7 Å². The number of aryl methyl sites for hydroxylation is 2. The van der Waals surface area contributed by atoms with Gasteiger partial charge in [0.2, 0.25) is 0 Å². The molecular weight excluding hydrogens is 240 g/mol. The van der Waals surface area contributed by atoms with Crippen LogP contribution in [0.15, 0.2) is 18.2 Å². The molecular formula is C15H22N2O2. The van der Waals surface area contributed by atoms with Crippen molar-refractivity contribution < 1.29 is 9.53 Å². The van der Waals surface area contributed by atoms with E-state index >= 15 is 0 Å². The minimum absolute atomic E-state index is 0.0166. The maximum atomic E-state index is 12.4. The number of nitrogens with zero attached hydrogens (tertiary/aromatic N) is 1. The third kappa shape index (κ3) is 2.96. The number of rotatable bonds is 3. The van der Waals surface area contributed by atoms with Crippen molar-refractivity contribution in [3.8, 4) is 0 Å². The Balaban J connectivity index is 2.11. The van der Waals surface area contributed by atoms with Crippen LogP contribution in [0.1, 0.15) is 24.0 Å². The van der Waals surface area contributed by atoms with Gasteiger partial charge in [-0.25, -0.2) is 0 Å². The predicted molar refractivity (Wildman–Crippen MR) is 76.3 cm³/mol. The van der Waals surface area contributed by atoms with E-state index in [1.54, 1.807) is 11.9 Å². The molecule has 1 aromatic rings. The molecule has 0 bridgehead atoms. The molecule has 2 atom stereocenters. The second kappa shape index (κ2) is 5.72. The molecule has 4 nitrogen and oxygen atoms in total. The van der Waals surface area contributed by atoms with Crippen LogP contribution in [0.3, 0.4) is 0 Å². The Morgan fingerprint density at radius 2 is 2.16 bits per heavy atom. The first kappa shape index (κ1) is 14.0. The predicted octanol–water partition coefficient (Wildman–Crippen LogP) is 1.77. The van der Waals surface area contributed by atoms with E-state index in [1.807, 2.05) is 26.0 Å². The number of nitrogens with two attached hydrogens (primary N) is 1. The molecule has 1 aliphatic rings. The van der Waals surface area contributed by atoms with Crippen molar-refractivity contribution in [2.24, 2.45) is 5.73 Å². The van der Waals surface area contributed by atoms with Gasteiger partial charge in [-0.3, -0.25) is 4.79 Å². The average molecular weight is 262 g/mol. The van der Waals surface area contributed by atoms with Crippen LogP contribution in [0.25, 0.3) is 0 Å². The number of hydrogen-bond donors (Lipinski definition) is 1. The second-order valence-electron chi connectivity index (χ2n) is 5.25. The summed E-state index contributed by atoms with van der Waals surface area (Å²) in [4.78, 5) is 14.1. The number of carbonyl (C=O) groups excluding carboxylic acids is 1.